The van der Waals surface area contributed by atoms with Crippen LogP contribution in [0.15, 0.2) is 51.8 Å². The highest BCUT2D eigenvalue weighted by Crippen LogP contribution is 2.29. The molecule has 0 aliphatic carbocycles. The van der Waals surface area contributed by atoms with E-state index in [0.717, 1.165) is 10.5 Å². The van der Waals surface area contributed by atoms with E-state index in [2.05, 4.69) is 15.9 Å². The maximum atomic E-state index is 13.8. The minimum atomic E-state index is -0.695. The van der Waals surface area contributed by atoms with Crippen LogP contribution in [0.1, 0.15) is 17.2 Å². The first-order chi connectivity index (χ1) is 9.11. The van der Waals surface area contributed by atoms with E-state index < -0.39 is 6.10 Å². The van der Waals surface area contributed by atoms with E-state index in [1.807, 2.05) is 30.5 Å². The average Bonchev–Trinajstić information content (AvgIpc) is 2.41. The first-order valence-corrected chi connectivity index (χ1v) is 7.88. The second-order valence-corrected chi connectivity index (χ2v) is 5.96. The van der Waals surface area contributed by atoms with Gasteiger partial charge in [0, 0.05) is 15.8 Å². The fourth-order valence-electron chi connectivity index (χ4n) is 1.95. The third kappa shape index (κ3) is 3.59. The number of rotatable bonds is 4. The van der Waals surface area contributed by atoms with Crippen molar-refractivity contribution in [1.29, 1.82) is 0 Å². The Morgan fingerprint density at radius 2 is 2.00 bits per heavy atom. The first kappa shape index (κ1) is 14.6. The van der Waals surface area contributed by atoms with Crippen molar-refractivity contribution in [3.05, 3.63) is 63.9 Å². The third-order valence-electron chi connectivity index (χ3n) is 2.93. The molecule has 0 aromatic heterocycles. The van der Waals surface area contributed by atoms with Crippen molar-refractivity contribution in [2.45, 2.75) is 17.4 Å². The quantitative estimate of drug-likeness (QED) is 0.821. The van der Waals surface area contributed by atoms with Crippen LogP contribution in [0.25, 0.3) is 0 Å². The summed E-state index contributed by atoms with van der Waals surface area (Å²) in [5.41, 5.74) is 1.36. The minimum absolute atomic E-state index is 0.274. The summed E-state index contributed by atoms with van der Waals surface area (Å²) >= 11 is 4.80. The maximum absolute atomic E-state index is 13.8. The Labute approximate surface area is 125 Å². The van der Waals surface area contributed by atoms with Crippen LogP contribution in [0.3, 0.4) is 0 Å². The maximum Gasteiger partial charge on any atom is 0.127 e. The van der Waals surface area contributed by atoms with Crippen molar-refractivity contribution in [2.24, 2.45) is 0 Å². The summed E-state index contributed by atoms with van der Waals surface area (Å²) in [5.74, 6) is -0.296. The van der Waals surface area contributed by atoms with Crippen LogP contribution in [-0.2, 0) is 6.42 Å². The standard InChI is InChI=1S/C15H14BrFOS/c1-19-15-5-3-2-4-12(15)14(18)8-10-6-7-11(16)9-13(10)17/h2-7,9,14,18H,8H2,1H3. The lowest BCUT2D eigenvalue weighted by molar-refractivity contribution is 0.174. The molecule has 1 unspecified atom stereocenters. The van der Waals surface area contributed by atoms with Gasteiger partial charge < -0.3 is 5.11 Å². The summed E-state index contributed by atoms with van der Waals surface area (Å²) in [5, 5.41) is 10.3. The molecule has 0 radical (unpaired) electrons. The van der Waals surface area contributed by atoms with Gasteiger partial charge in [-0.05, 0) is 35.6 Å². The van der Waals surface area contributed by atoms with Gasteiger partial charge in [0.1, 0.15) is 5.82 Å². The van der Waals surface area contributed by atoms with Crippen LogP contribution in [0.5, 0.6) is 0 Å². The summed E-state index contributed by atoms with van der Waals surface area (Å²) < 4.78 is 14.5. The van der Waals surface area contributed by atoms with Crippen LogP contribution < -0.4 is 0 Å². The van der Waals surface area contributed by atoms with Gasteiger partial charge in [0.25, 0.3) is 0 Å². The van der Waals surface area contributed by atoms with E-state index in [9.17, 15) is 9.50 Å². The first-order valence-electron chi connectivity index (χ1n) is 5.86. The Kier molecular flexibility index (Phi) is 5.02. The molecule has 0 spiro atoms. The fraction of sp³-hybridized carbons (Fsp3) is 0.200. The molecule has 0 amide bonds. The molecule has 0 saturated carbocycles. The normalized spacial score (nSPS) is 12.4. The molecule has 0 fully saturated rings. The fourth-order valence-corrected chi connectivity index (χ4v) is 2.93. The van der Waals surface area contributed by atoms with Gasteiger partial charge in [0.15, 0.2) is 0 Å². The lowest BCUT2D eigenvalue weighted by Gasteiger charge is -2.15. The van der Waals surface area contributed by atoms with E-state index >= 15 is 0 Å². The van der Waals surface area contributed by atoms with Crippen LogP contribution in [0.4, 0.5) is 4.39 Å². The molecule has 19 heavy (non-hydrogen) atoms. The van der Waals surface area contributed by atoms with E-state index in [1.54, 1.807) is 23.9 Å². The monoisotopic (exact) mass is 340 g/mol. The predicted octanol–water partition coefficient (Wildman–Crippen LogP) is 4.59. The largest absolute Gasteiger partial charge is 0.388 e. The van der Waals surface area contributed by atoms with Gasteiger partial charge in [0.05, 0.1) is 6.10 Å². The molecule has 2 aromatic carbocycles. The van der Waals surface area contributed by atoms with Gasteiger partial charge in [0.2, 0.25) is 0 Å². The molecule has 4 heteroatoms. The predicted molar refractivity (Wildman–Crippen MR) is 81.0 cm³/mol. The zero-order valence-electron chi connectivity index (χ0n) is 10.4. The van der Waals surface area contributed by atoms with Crippen molar-refractivity contribution in [3.63, 3.8) is 0 Å². The molecule has 1 nitrogen and oxygen atoms in total. The Hall–Kier alpha value is -0.840. The van der Waals surface area contributed by atoms with Gasteiger partial charge in [-0.25, -0.2) is 4.39 Å². The van der Waals surface area contributed by atoms with Gasteiger partial charge in [-0.1, -0.05) is 40.2 Å². The molecule has 2 aromatic rings. The summed E-state index contributed by atoms with van der Waals surface area (Å²) in [6.07, 6.45) is 1.54. The zero-order chi connectivity index (χ0) is 13.8. The summed E-state index contributed by atoms with van der Waals surface area (Å²) in [6, 6.07) is 12.6. The molecule has 1 N–H and O–H groups in total. The van der Waals surface area contributed by atoms with Crippen molar-refractivity contribution in [3.8, 4) is 0 Å². The van der Waals surface area contributed by atoms with E-state index in [1.165, 1.54) is 6.07 Å². The summed E-state index contributed by atoms with van der Waals surface area (Å²) in [7, 11) is 0. The highest BCUT2D eigenvalue weighted by Gasteiger charge is 2.14. The molecule has 0 saturated heterocycles. The summed E-state index contributed by atoms with van der Waals surface area (Å²) in [4.78, 5) is 1.02. The van der Waals surface area contributed by atoms with Gasteiger partial charge >= 0.3 is 0 Å². The Morgan fingerprint density at radius 1 is 1.26 bits per heavy atom. The molecular weight excluding hydrogens is 327 g/mol. The number of benzene rings is 2. The second-order valence-electron chi connectivity index (χ2n) is 4.20. The molecule has 0 heterocycles. The summed E-state index contributed by atoms with van der Waals surface area (Å²) in [6.45, 7) is 0. The number of thioether (sulfide) groups is 1. The molecule has 1 atom stereocenters. The number of halogens is 2. The van der Waals surface area contributed by atoms with E-state index in [0.29, 0.717) is 10.0 Å². The SMILES string of the molecule is CSc1ccccc1C(O)Cc1ccc(Br)cc1F. The lowest BCUT2D eigenvalue weighted by atomic mass is 10.0. The van der Waals surface area contributed by atoms with Crippen LogP contribution in [0.2, 0.25) is 0 Å². The number of aliphatic hydroxyl groups is 1. The van der Waals surface area contributed by atoms with E-state index in [4.69, 9.17) is 0 Å². The topological polar surface area (TPSA) is 20.2 Å². The third-order valence-corrected chi connectivity index (χ3v) is 4.23. The van der Waals surface area contributed by atoms with Crippen molar-refractivity contribution >= 4 is 27.7 Å². The van der Waals surface area contributed by atoms with Crippen molar-refractivity contribution in [1.82, 2.24) is 0 Å². The molecule has 2 rings (SSSR count). The zero-order valence-corrected chi connectivity index (χ0v) is 12.8. The molecular formula is C15H14BrFOS. The second kappa shape index (κ2) is 6.55. The van der Waals surface area contributed by atoms with Crippen molar-refractivity contribution < 1.29 is 9.50 Å². The Bertz CT molecular complexity index is 574. The Morgan fingerprint density at radius 3 is 2.68 bits per heavy atom. The number of hydrogen-bond acceptors (Lipinski definition) is 2. The number of aliphatic hydroxyl groups excluding tert-OH is 1. The highest BCUT2D eigenvalue weighted by molar-refractivity contribution is 9.10. The Balaban J connectivity index is 2.23. The highest BCUT2D eigenvalue weighted by atomic mass is 79.9. The molecule has 0 aliphatic rings. The van der Waals surface area contributed by atoms with Gasteiger partial charge in [-0.15, -0.1) is 11.8 Å². The van der Waals surface area contributed by atoms with Crippen LogP contribution in [-0.4, -0.2) is 11.4 Å². The molecule has 0 aliphatic heterocycles. The van der Waals surface area contributed by atoms with Crippen LogP contribution in [0, 0.1) is 5.82 Å². The molecule has 100 valence electrons. The lowest BCUT2D eigenvalue weighted by Crippen LogP contribution is -2.04. The van der Waals surface area contributed by atoms with Crippen LogP contribution >= 0.6 is 27.7 Å². The number of hydrogen-bond donors (Lipinski definition) is 1. The van der Waals surface area contributed by atoms with Crippen molar-refractivity contribution in [2.75, 3.05) is 6.26 Å². The van der Waals surface area contributed by atoms with Gasteiger partial charge in [-0.2, -0.15) is 0 Å². The minimum Gasteiger partial charge on any atom is -0.388 e. The van der Waals surface area contributed by atoms with E-state index in [-0.39, 0.29) is 12.2 Å². The smallest absolute Gasteiger partial charge is 0.127 e. The van der Waals surface area contributed by atoms with Gasteiger partial charge in [-0.3, -0.25) is 0 Å². The average molecular weight is 341 g/mol. The molecule has 0 bridgehead atoms.